The highest BCUT2D eigenvalue weighted by Gasteiger charge is 2.34. The molecule has 1 unspecified atom stereocenters. The fourth-order valence-corrected chi connectivity index (χ4v) is 3.42. The van der Waals surface area contributed by atoms with Gasteiger partial charge in [-0.1, -0.05) is 48.5 Å². The second-order valence-electron chi connectivity index (χ2n) is 5.49. The van der Waals surface area contributed by atoms with E-state index in [2.05, 4.69) is 18.2 Å². The second-order valence-corrected chi connectivity index (χ2v) is 5.49. The van der Waals surface area contributed by atoms with E-state index in [1.54, 1.807) is 0 Å². The Bertz CT molecular complexity index is 896. The first-order valence-electron chi connectivity index (χ1n) is 7.06. The lowest BCUT2D eigenvalue weighted by Crippen LogP contribution is -2.14. The number of para-hydroxylation sites is 1. The minimum atomic E-state index is -0.631. The Kier molecular flexibility index (Phi) is 1.98. The fourth-order valence-electron chi connectivity index (χ4n) is 3.42. The van der Waals surface area contributed by atoms with E-state index < -0.39 is 6.10 Å². The number of rotatable bonds is 0. The molecule has 0 amide bonds. The predicted molar refractivity (Wildman–Crippen MR) is 81.4 cm³/mol. The first-order chi connectivity index (χ1) is 10.3. The molecule has 2 heteroatoms. The van der Waals surface area contributed by atoms with E-state index in [4.69, 9.17) is 4.74 Å². The van der Waals surface area contributed by atoms with E-state index >= 15 is 0 Å². The number of fused-ring (bicyclic) bond motifs is 7. The Morgan fingerprint density at radius 3 is 2.38 bits per heavy atom. The molecule has 3 aromatic rings. The van der Waals surface area contributed by atoms with Crippen molar-refractivity contribution in [3.05, 3.63) is 71.8 Å². The summed E-state index contributed by atoms with van der Waals surface area (Å²) in [5.41, 5.74) is 6.51. The lowest BCUT2D eigenvalue weighted by Gasteiger charge is -2.33. The molecule has 0 radical (unpaired) electrons. The van der Waals surface area contributed by atoms with E-state index in [0.29, 0.717) is 0 Å². The molecule has 0 spiro atoms. The monoisotopic (exact) mass is 272 g/mol. The molecule has 1 N–H and O–H groups in total. The van der Waals surface area contributed by atoms with E-state index in [0.717, 1.165) is 28.2 Å². The summed E-state index contributed by atoms with van der Waals surface area (Å²) in [6, 6.07) is 20.0. The standard InChI is InChI=1S/C19H12O2/c20-19-14-7-3-4-8-15(14)21-16-10-9-13-11-5-1-2-6-12(11)17(13)18(16)19/h1-10,19-20H. The van der Waals surface area contributed by atoms with Crippen molar-refractivity contribution < 1.29 is 9.84 Å². The molecule has 0 saturated heterocycles. The summed E-state index contributed by atoms with van der Waals surface area (Å²) < 4.78 is 5.97. The Balaban J connectivity index is 1.77. The fraction of sp³-hybridized carbons (Fsp3) is 0.0526. The average molecular weight is 272 g/mol. The van der Waals surface area contributed by atoms with Crippen LogP contribution >= 0.6 is 0 Å². The molecule has 1 aliphatic carbocycles. The van der Waals surface area contributed by atoms with Crippen LogP contribution in [0.3, 0.4) is 0 Å². The zero-order valence-corrected chi connectivity index (χ0v) is 11.2. The van der Waals surface area contributed by atoms with Crippen molar-refractivity contribution in [3.8, 4) is 33.8 Å². The quantitative estimate of drug-likeness (QED) is 0.510. The molecule has 0 aromatic heterocycles. The van der Waals surface area contributed by atoms with E-state index in [9.17, 15) is 5.11 Å². The van der Waals surface area contributed by atoms with Crippen LogP contribution in [0.25, 0.3) is 22.3 Å². The highest BCUT2D eigenvalue weighted by Crippen LogP contribution is 2.56. The molecule has 5 rings (SSSR count). The van der Waals surface area contributed by atoms with Crippen molar-refractivity contribution in [2.24, 2.45) is 0 Å². The topological polar surface area (TPSA) is 29.5 Å². The van der Waals surface area contributed by atoms with Gasteiger partial charge in [0.05, 0.1) is 0 Å². The Morgan fingerprint density at radius 1 is 0.714 bits per heavy atom. The summed E-state index contributed by atoms with van der Waals surface area (Å²) in [5.74, 6) is 1.50. The zero-order chi connectivity index (χ0) is 14.0. The third kappa shape index (κ3) is 1.30. The molecule has 0 bridgehead atoms. The van der Waals surface area contributed by atoms with Crippen LogP contribution in [0.4, 0.5) is 0 Å². The maximum atomic E-state index is 10.8. The van der Waals surface area contributed by atoms with Crippen LogP contribution in [0.5, 0.6) is 11.5 Å². The van der Waals surface area contributed by atoms with Gasteiger partial charge in [-0.25, -0.2) is 0 Å². The summed E-state index contributed by atoms with van der Waals surface area (Å²) >= 11 is 0. The second kappa shape index (κ2) is 3.74. The Labute approximate surface area is 122 Å². The van der Waals surface area contributed by atoms with Gasteiger partial charge in [0.25, 0.3) is 0 Å². The SMILES string of the molecule is OC1c2ccccc2Oc2ccc3c(c21)-c1ccccc1-3. The van der Waals surface area contributed by atoms with Crippen molar-refractivity contribution >= 4 is 0 Å². The highest BCUT2D eigenvalue weighted by atomic mass is 16.5. The smallest absolute Gasteiger partial charge is 0.134 e. The molecule has 1 aliphatic heterocycles. The van der Waals surface area contributed by atoms with Crippen molar-refractivity contribution in [2.75, 3.05) is 0 Å². The van der Waals surface area contributed by atoms with Crippen molar-refractivity contribution in [3.63, 3.8) is 0 Å². The maximum absolute atomic E-state index is 10.8. The molecule has 2 nitrogen and oxygen atoms in total. The van der Waals surface area contributed by atoms with Gasteiger partial charge in [-0.05, 0) is 28.8 Å². The summed E-state index contributed by atoms with van der Waals surface area (Å²) in [6.45, 7) is 0. The first kappa shape index (κ1) is 11.1. The highest BCUT2D eigenvalue weighted by molar-refractivity contribution is 6.05. The van der Waals surface area contributed by atoms with Gasteiger partial charge >= 0.3 is 0 Å². The molecule has 1 atom stereocenters. The molecule has 1 heterocycles. The number of hydrogen-bond donors (Lipinski definition) is 1. The van der Waals surface area contributed by atoms with Gasteiger partial charge in [0.1, 0.15) is 17.6 Å². The Hall–Kier alpha value is -2.58. The lowest BCUT2D eigenvalue weighted by molar-refractivity contribution is 0.203. The predicted octanol–water partition coefficient (Wildman–Crippen LogP) is 4.52. The van der Waals surface area contributed by atoms with Crippen molar-refractivity contribution in [1.29, 1.82) is 0 Å². The average Bonchev–Trinajstić information content (AvgIpc) is 2.52. The number of aliphatic hydroxyl groups excluding tert-OH is 1. The number of ether oxygens (including phenoxy) is 1. The first-order valence-corrected chi connectivity index (χ1v) is 7.06. The largest absolute Gasteiger partial charge is 0.457 e. The summed E-state index contributed by atoms with van der Waals surface area (Å²) in [5, 5.41) is 10.8. The molecule has 21 heavy (non-hydrogen) atoms. The van der Waals surface area contributed by atoms with Gasteiger partial charge in [-0.3, -0.25) is 0 Å². The molecular weight excluding hydrogens is 260 g/mol. The number of aliphatic hydroxyl groups is 1. The van der Waals surface area contributed by atoms with E-state index in [-0.39, 0.29) is 0 Å². The molecule has 2 aliphatic rings. The molecule has 0 saturated carbocycles. The van der Waals surface area contributed by atoms with Crippen LogP contribution in [-0.4, -0.2) is 5.11 Å². The van der Waals surface area contributed by atoms with Gasteiger partial charge in [0, 0.05) is 16.7 Å². The van der Waals surface area contributed by atoms with Crippen LogP contribution in [-0.2, 0) is 0 Å². The normalized spacial score (nSPS) is 16.7. The van der Waals surface area contributed by atoms with Crippen molar-refractivity contribution in [1.82, 2.24) is 0 Å². The van der Waals surface area contributed by atoms with Gasteiger partial charge in [-0.15, -0.1) is 0 Å². The van der Waals surface area contributed by atoms with Gasteiger partial charge in [0.2, 0.25) is 0 Å². The van der Waals surface area contributed by atoms with Crippen LogP contribution < -0.4 is 4.74 Å². The van der Waals surface area contributed by atoms with Gasteiger partial charge in [-0.2, -0.15) is 0 Å². The molecule has 100 valence electrons. The minimum absolute atomic E-state index is 0.631. The van der Waals surface area contributed by atoms with E-state index in [1.165, 1.54) is 16.7 Å². The Morgan fingerprint density at radius 2 is 1.48 bits per heavy atom. The molecule has 3 aromatic carbocycles. The summed E-state index contributed by atoms with van der Waals surface area (Å²) in [4.78, 5) is 0. The third-order valence-corrected chi connectivity index (χ3v) is 4.40. The van der Waals surface area contributed by atoms with Crippen LogP contribution in [0.15, 0.2) is 60.7 Å². The van der Waals surface area contributed by atoms with Crippen LogP contribution in [0, 0.1) is 0 Å². The summed E-state index contributed by atoms with van der Waals surface area (Å²) in [7, 11) is 0. The summed E-state index contributed by atoms with van der Waals surface area (Å²) in [6.07, 6.45) is -0.631. The molecular formula is C19H12O2. The third-order valence-electron chi connectivity index (χ3n) is 4.40. The van der Waals surface area contributed by atoms with Crippen LogP contribution in [0.1, 0.15) is 17.2 Å². The maximum Gasteiger partial charge on any atom is 0.134 e. The van der Waals surface area contributed by atoms with E-state index in [1.807, 2.05) is 42.5 Å². The van der Waals surface area contributed by atoms with Crippen molar-refractivity contribution in [2.45, 2.75) is 6.10 Å². The number of hydrogen-bond acceptors (Lipinski definition) is 2. The minimum Gasteiger partial charge on any atom is -0.457 e. The zero-order valence-electron chi connectivity index (χ0n) is 11.2. The number of benzene rings is 3. The molecule has 0 fully saturated rings. The van der Waals surface area contributed by atoms with Gasteiger partial charge in [0.15, 0.2) is 0 Å². The van der Waals surface area contributed by atoms with Gasteiger partial charge < -0.3 is 9.84 Å². The van der Waals surface area contributed by atoms with Crippen LogP contribution in [0.2, 0.25) is 0 Å². The lowest BCUT2D eigenvalue weighted by atomic mass is 9.75.